The predicted octanol–water partition coefficient (Wildman–Crippen LogP) is 2.95. The first-order valence-electron chi connectivity index (χ1n) is 14.3. The topological polar surface area (TPSA) is 124 Å². The number of amides is 4. The Kier molecular flexibility index (Phi) is 9.05. The number of piperazine rings is 1. The van der Waals surface area contributed by atoms with Crippen molar-refractivity contribution in [1.29, 1.82) is 0 Å². The number of ether oxygens (including phenoxy) is 1. The van der Waals surface area contributed by atoms with E-state index >= 15 is 0 Å². The van der Waals surface area contributed by atoms with Gasteiger partial charge in [-0.3, -0.25) is 19.2 Å². The molecule has 1 aliphatic rings. The molecule has 3 aromatic carbocycles. The zero-order valence-electron chi connectivity index (χ0n) is 24.2. The number of carbonyl (C=O) groups excluding carboxylic acids is 4. The highest BCUT2D eigenvalue weighted by Crippen LogP contribution is 2.23. The van der Waals surface area contributed by atoms with Crippen LogP contribution in [0.4, 0.5) is 0 Å². The number of nitrogens with one attached hydrogen (secondary N) is 3. The van der Waals surface area contributed by atoms with Crippen molar-refractivity contribution in [2.24, 2.45) is 0 Å². The summed E-state index contributed by atoms with van der Waals surface area (Å²) in [5.74, 6) is -0.881. The number of para-hydroxylation sites is 2. The van der Waals surface area contributed by atoms with Crippen molar-refractivity contribution in [2.75, 3.05) is 26.7 Å². The second kappa shape index (κ2) is 13.2. The number of H-pyrrole nitrogens is 1. The quantitative estimate of drug-likeness (QED) is 0.251. The van der Waals surface area contributed by atoms with E-state index in [-0.39, 0.29) is 43.8 Å². The van der Waals surface area contributed by atoms with Gasteiger partial charge in [0.05, 0.1) is 6.61 Å². The van der Waals surface area contributed by atoms with Crippen molar-refractivity contribution in [3.8, 4) is 5.75 Å². The minimum absolute atomic E-state index is 0.229. The van der Waals surface area contributed by atoms with Crippen LogP contribution in [0.2, 0.25) is 0 Å². The average Bonchev–Trinajstić information content (AvgIpc) is 3.42. The van der Waals surface area contributed by atoms with Gasteiger partial charge in [0, 0.05) is 42.7 Å². The number of hydrogen-bond acceptors (Lipinski definition) is 5. The Morgan fingerprint density at radius 1 is 1.00 bits per heavy atom. The molecule has 0 radical (unpaired) electrons. The Labute approximate surface area is 250 Å². The van der Waals surface area contributed by atoms with Gasteiger partial charge in [-0.25, -0.2) is 0 Å². The van der Waals surface area contributed by atoms with Gasteiger partial charge in [-0.1, -0.05) is 66.7 Å². The van der Waals surface area contributed by atoms with Crippen LogP contribution in [0.25, 0.3) is 10.9 Å². The minimum atomic E-state index is -0.922. The van der Waals surface area contributed by atoms with Gasteiger partial charge >= 0.3 is 0 Å². The van der Waals surface area contributed by atoms with Gasteiger partial charge in [-0.15, -0.1) is 0 Å². The summed E-state index contributed by atoms with van der Waals surface area (Å²) in [4.78, 5) is 59.0. The lowest BCUT2D eigenvalue weighted by molar-refractivity contribution is -0.147. The van der Waals surface area contributed by atoms with Gasteiger partial charge in [0.2, 0.25) is 17.7 Å². The third-order valence-electron chi connectivity index (χ3n) is 7.45. The number of benzene rings is 3. The molecule has 3 N–H and O–H groups in total. The Balaban J connectivity index is 1.35. The number of carbonyl (C=O) groups is 4. The first-order valence-corrected chi connectivity index (χ1v) is 14.3. The van der Waals surface area contributed by atoms with E-state index in [0.717, 1.165) is 22.0 Å². The van der Waals surface area contributed by atoms with Crippen LogP contribution in [0, 0.1) is 0 Å². The van der Waals surface area contributed by atoms with Crippen LogP contribution in [0.1, 0.15) is 29.7 Å². The van der Waals surface area contributed by atoms with Crippen LogP contribution in [0.15, 0.2) is 85.1 Å². The van der Waals surface area contributed by atoms with E-state index in [1.165, 1.54) is 4.90 Å². The minimum Gasteiger partial charge on any atom is -0.494 e. The van der Waals surface area contributed by atoms with E-state index in [1.807, 2.05) is 67.7 Å². The molecule has 10 nitrogen and oxygen atoms in total. The van der Waals surface area contributed by atoms with Crippen LogP contribution in [0.5, 0.6) is 5.75 Å². The van der Waals surface area contributed by atoms with Gasteiger partial charge in [-0.2, -0.15) is 0 Å². The van der Waals surface area contributed by atoms with E-state index < -0.39 is 18.0 Å². The Morgan fingerprint density at radius 2 is 1.72 bits per heavy atom. The molecule has 5 rings (SSSR count). The average molecular weight is 582 g/mol. The second-order valence-electron chi connectivity index (χ2n) is 10.5. The maximum absolute atomic E-state index is 13.9. The molecule has 1 aromatic heterocycles. The van der Waals surface area contributed by atoms with Crippen molar-refractivity contribution in [3.05, 3.63) is 102 Å². The summed E-state index contributed by atoms with van der Waals surface area (Å²) in [6.45, 7) is 2.07. The summed E-state index contributed by atoms with van der Waals surface area (Å²) in [6, 6.07) is 22.4. The molecule has 1 aliphatic heterocycles. The van der Waals surface area contributed by atoms with Gasteiger partial charge in [0.25, 0.3) is 5.91 Å². The van der Waals surface area contributed by atoms with Gasteiger partial charge < -0.3 is 30.2 Å². The Bertz CT molecular complexity index is 1620. The largest absolute Gasteiger partial charge is 0.494 e. The number of fused-ring (bicyclic) bond motifs is 1. The Hall–Kier alpha value is -5.12. The fourth-order valence-electron chi connectivity index (χ4n) is 5.37. The molecule has 10 heteroatoms. The Morgan fingerprint density at radius 3 is 2.51 bits per heavy atom. The highest BCUT2D eigenvalue weighted by Gasteiger charge is 2.35. The third kappa shape index (κ3) is 6.86. The number of rotatable bonds is 11. The van der Waals surface area contributed by atoms with Crippen LogP contribution >= 0.6 is 0 Å². The number of aromatic amines is 1. The second-order valence-corrected chi connectivity index (χ2v) is 10.5. The van der Waals surface area contributed by atoms with E-state index in [4.69, 9.17) is 4.74 Å². The normalized spacial score (nSPS) is 15.6. The summed E-state index contributed by atoms with van der Waals surface area (Å²) < 4.78 is 5.74. The van der Waals surface area contributed by atoms with E-state index in [0.29, 0.717) is 17.9 Å². The summed E-state index contributed by atoms with van der Waals surface area (Å²) in [6.07, 6.45) is 2.07. The van der Waals surface area contributed by atoms with Crippen molar-refractivity contribution in [3.63, 3.8) is 0 Å². The zero-order chi connectivity index (χ0) is 30.3. The highest BCUT2D eigenvalue weighted by molar-refractivity contribution is 5.98. The molecular weight excluding hydrogens is 546 g/mol. The summed E-state index contributed by atoms with van der Waals surface area (Å²) in [5, 5.41) is 6.52. The molecule has 2 unspecified atom stereocenters. The van der Waals surface area contributed by atoms with Crippen LogP contribution in [-0.2, 0) is 32.1 Å². The SMILES string of the molecule is CCOc1ccccc1CN(C)C(=O)C(Cc1c[nH]c2ccccc12)NC(=O)CN1CC(=O)NC(c2ccccc2)C1=O. The monoisotopic (exact) mass is 581 g/mol. The molecule has 2 heterocycles. The fourth-order valence-corrected chi connectivity index (χ4v) is 5.37. The van der Waals surface area contributed by atoms with Gasteiger partial charge in [0.15, 0.2) is 0 Å². The molecule has 0 bridgehead atoms. The van der Waals surface area contributed by atoms with E-state index in [1.54, 1.807) is 36.2 Å². The molecular formula is C33H35N5O5. The zero-order valence-corrected chi connectivity index (χ0v) is 24.2. The molecule has 1 fully saturated rings. The van der Waals surface area contributed by atoms with Gasteiger partial charge in [-0.05, 0) is 30.2 Å². The fraction of sp³-hybridized carbons (Fsp3) is 0.273. The first kappa shape index (κ1) is 29.4. The summed E-state index contributed by atoms with van der Waals surface area (Å²) in [7, 11) is 1.68. The van der Waals surface area contributed by atoms with Crippen molar-refractivity contribution in [1.82, 2.24) is 25.4 Å². The van der Waals surface area contributed by atoms with Crippen molar-refractivity contribution in [2.45, 2.75) is 32.0 Å². The number of likely N-dealkylation sites (N-methyl/N-ethyl adjacent to an activating group) is 1. The van der Waals surface area contributed by atoms with Gasteiger partial charge in [0.1, 0.15) is 30.9 Å². The predicted molar refractivity (Wildman–Crippen MR) is 162 cm³/mol. The molecule has 43 heavy (non-hydrogen) atoms. The van der Waals surface area contributed by atoms with Crippen molar-refractivity contribution < 1.29 is 23.9 Å². The molecule has 4 aromatic rings. The third-order valence-corrected chi connectivity index (χ3v) is 7.45. The van der Waals surface area contributed by atoms with E-state index in [9.17, 15) is 19.2 Å². The van der Waals surface area contributed by atoms with Crippen molar-refractivity contribution >= 4 is 34.5 Å². The molecule has 222 valence electrons. The van der Waals surface area contributed by atoms with Crippen LogP contribution in [0.3, 0.4) is 0 Å². The molecule has 0 spiro atoms. The van der Waals surface area contributed by atoms with Crippen LogP contribution in [-0.4, -0.2) is 71.2 Å². The molecule has 4 amide bonds. The highest BCUT2D eigenvalue weighted by atomic mass is 16.5. The van der Waals surface area contributed by atoms with E-state index in [2.05, 4.69) is 15.6 Å². The lowest BCUT2D eigenvalue weighted by atomic mass is 10.0. The lowest BCUT2D eigenvalue weighted by Crippen LogP contribution is -2.57. The molecule has 0 saturated carbocycles. The standard InChI is InChI=1S/C33H35N5O5/c1-3-43-28-16-10-7-13-23(28)19-37(2)32(41)27(17-24-18-34-26-15-9-8-14-25(24)26)35-29(39)20-38-21-30(40)36-31(33(38)42)22-11-5-4-6-12-22/h4-16,18,27,31,34H,3,17,19-21H2,1-2H3,(H,35,39)(H,36,40). The number of aromatic nitrogens is 1. The lowest BCUT2D eigenvalue weighted by Gasteiger charge is -2.33. The molecule has 1 saturated heterocycles. The summed E-state index contributed by atoms with van der Waals surface area (Å²) >= 11 is 0. The molecule has 0 aliphatic carbocycles. The maximum Gasteiger partial charge on any atom is 0.250 e. The van der Waals surface area contributed by atoms with Crippen LogP contribution < -0.4 is 15.4 Å². The smallest absolute Gasteiger partial charge is 0.250 e. The number of hydrogen-bond donors (Lipinski definition) is 3. The number of nitrogens with zero attached hydrogens (tertiary/aromatic N) is 2. The summed E-state index contributed by atoms with van der Waals surface area (Å²) in [5.41, 5.74) is 3.27. The molecule has 2 atom stereocenters. The first-order chi connectivity index (χ1) is 20.8. The maximum atomic E-state index is 13.9.